The number of nitrogens with zero attached hydrogens (tertiary/aromatic N) is 4. The number of aliphatic imine (C=N–C) groups is 1. The molecule has 0 bridgehead atoms. The topological polar surface area (TPSA) is 191 Å². The molecule has 0 aromatic heterocycles. The van der Waals surface area contributed by atoms with Crippen LogP contribution in [0.1, 0.15) is 12.8 Å². The molecular weight excluding hydrogens is 252 g/mol. The maximum atomic E-state index is 10.7. The lowest BCUT2D eigenvalue weighted by Gasteiger charge is -2.11. The normalized spacial score (nSPS) is 11.3. The van der Waals surface area contributed by atoms with Gasteiger partial charge < -0.3 is 16.6 Å². The highest BCUT2D eigenvalue weighted by Gasteiger charge is 2.42. The van der Waals surface area contributed by atoms with Gasteiger partial charge in [0, 0.05) is 6.54 Å². The highest BCUT2D eigenvalue weighted by molar-refractivity contribution is 5.75. The molecule has 0 aliphatic heterocycles. The van der Waals surface area contributed by atoms with Crippen molar-refractivity contribution in [2.45, 2.75) is 18.9 Å². The second-order valence-electron chi connectivity index (χ2n) is 3.10. The van der Waals surface area contributed by atoms with Crippen molar-refractivity contribution in [3.8, 4) is 0 Å². The van der Waals surface area contributed by atoms with E-state index >= 15 is 0 Å². The second kappa shape index (κ2) is 6.82. The number of guanidine groups is 1. The van der Waals surface area contributed by atoms with Crippen LogP contribution in [0, 0.1) is 20.2 Å². The molecule has 5 N–H and O–H groups in total. The second-order valence-corrected chi connectivity index (χ2v) is 3.10. The van der Waals surface area contributed by atoms with E-state index in [1.165, 1.54) is 0 Å². The van der Waals surface area contributed by atoms with Crippen LogP contribution in [-0.2, 0) is 4.79 Å². The van der Waals surface area contributed by atoms with Crippen LogP contribution in [0.25, 0.3) is 0 Å². The van der Waals surface area contributed by atoms with Crippen LogP contribution in [0.3, 0.4) is 0 Å². The molecule has 0 fully saturated rings. The number of nitrogens with two attached hydrogens (primary N) is 2. The quantitative estimate of drug-likeness (QED) is 0.149. The first-order chi connectivity index (χ1) is 8.27. The van der Waals surface area contributed by atoms with Crippen LogP contribution in [-0.4, -0.2) is 44.8 Å². The molecule has 0 unspecified atom stereocenters. The zero-order valence-electron chi connectivity index (χ0n) is 9.13. The molecule has 0 saturated carbocycles. The molecule has 0 saturated heterocycles. The van der Waals surface area contributed by atoms with E-state index in [1.54, 1.807) is 0 Å². The van der Waals surface area contributed by atoms with E-state index in [-0.39, 0.29) is 25.3 Å². The SMILES string of the molecule is NC(N)=NCCC[C@@H](C(=O)O)N([N+](=O)[O-])[N+](=O)[O-]. The van der Waals surface area contributed by atoms with Gasteiger partial charge in [0.15, 0.2) is 11.1 Å². The van der Waals surface area contributed by atoms with Crippen molar-refractivity contribution >= 4 is 11.9 Å². The third-order valence-corrected chi connectivity index (χ3v) is 1.83. The van der Waals surface area contributed by atoms with Gasteiger partial charge in [0.05, 0.1) is 0 Å². The van der Waals surface area contributed by atoms with Gasteiger partial charge in [-0.25, -0.2) is 25.0 Å². The first-order valence-electron chi connectivity index (χ1n) is 4.63. The van der Waals surface area contributed by atoms with Crippen molar-refractivity contribution < 1.29 is 20.0 Å². The van der Waals surface area contributed by atoms with Crippen molar-refractivity contribution in [2.75, 3.05) is 6.54 Å². The van der Waals surface area contributed by atoms with Crippen molar-refractivity contribution in [2.24, 2.45) is 16.5 Å². The molecule has 0 aromatic rings. The zero-order valence-corrected chi connectivity index (χ0v) is 9.13. The fraction of sp³-hybridized carbons (Fsp3) is 0.667. The third kappa shape index (κ3) is 4.91. The fourth-order valence-corrected chi connectivity index (χ4v) is 1.12. The lowest BCUT2D eigenvalue weighted by atomic mass is 10.1. The van der Waals surface area contributed by atoms with Crippen molar-refractivity contribution in [3.63, 3.8) is 0 Å². The summed E-state index contributed by atoms with van der Waals surface area (Å²) in [6.45, 7) is 0.0232. The average Bonchev–Trinajstić information content (AvgIpc) is 2.20. The number of aliphatic carboxylic acids is 1. The van der Waals surface area contributed by atoms with Crippen LogP contribution in [0.2, 0.25) is 0 Å². The molecule has 12 heteroatoms. The van der Waals surface area contributed by atoms with Crippen LogP contribution in [0.4, 0.5) is 0 Å². The molecular formula is C6H12N6O6. The van der Waals surface area contributed by atoms with Crippen molar-refractivity contribution in [3.05, 3.63) is 20.2 Å². The minimum absolute atomic E-state index is 0.0232. The van der Waals surface area contributed by atoms with Gasteiger partial charge in [-0.2, -0.15) is 0 Å². The van der Waals surface area contributed by atoms with E-state index in [9.17, 15) is 25.0 Å². The van der Waals surface area contributed by atoms with E-state index in [0.717, 1.165) is 0 Å². The predicted molar refractivity (Wildman–Crippen MR) is 57.2 cm³/mol. The third-order valence-electron chi connectivity index (χ3n) is 1.83. The molecule has 0 spiro atoms. The monoisotopic (exact) mass is 264 g/mol. The highest BCUT2D eigenvalue weighted by Crippen LogP contribution is 2.08. The van der Waals surface area contributed by atoms with Crippen LogP contribution >= 0.6 is 0 Å². The summed E-state index contributed by atoms with van der Waals surface area (Å²) in [6.07, 6.45) is -0.291. The van der Waals surface area contributed by atoms with E-state index in [2.05, 4.69) is 4.99 Å². The standard InChI is InChI=1S/C6H12N6O6/c7-6(8)9-3-1-2-4(5(13)14)10(11(15)16)12(17)18/h4H,1-3H2,(H,13,14)(H4,7,8,9)/t4-/m0/s1. The summed E-state index contributed by atoms with van der Waals surface area (Å²) in [6, 6.07) is -1.89. The molecule has 0 aliphatic rings. The Kier molecular flexibility index (Phi) is 5.81. The van der Waals surface area contributed by atoms with E-state index in [0.29, 0.717) is 0 Å². The van der Waals surface area contributed by atoms with E-state index < -0.39 is 27.2 Å². The van der Waals surface area contributed by atoms with Crippen LogP contribution in [0.5, 0.6) is 0 Å². The number of rotatable bonds is 8. The lowest BCUT2D eigenvalue weighted by molar-refractivity contribution is -0.912. The molecule has 0 amide bonds. The summed E-state index contributed by atoms with van der Waals surface area (Å²) in [5, 5.41) is 26.2. The Bertz CT molecular complexity index is 352. The molecule has 0 aromatic carbocycles. The minimum Gasteiger partial charge on any atom is -0.479 e. The molecule has 12 nitrogen and oxygen atoms in total. The highest BCUT2D eigenvalue weighted by atomic mass is 16.8. The van der Waals surface area contributed by atoms with Gasteiger partial charge in [0.2, 0.25) is 10.1 Å². The first kappa shape index (κ1) is 15.3. The zero-order chi connectivity index (χ0) is 14.3. The van der Waals surface area contributed by atoms with Gasteiger partial charge in [-0.1, -0.05) is 0 Å². The molecule has 0 radical (unpaired) electrons. The van der Waals surface area contributed by atoms with E-state index in [1.807, 2.05) is 0 Å². The summed E-state index contributed by atoms with van der Waals surface area (Å²) in [5.41, 5.74) is 10.0. The number of hydrogen-bond donors (Lipinski definition) is 3. The number of carboxylic acid groups (broad SMARTS) is 1. The van der Waals surface area contributed by atoms with E-state index in [4.69, 9.17) is 16.6 Å². The number of hydrazine groups is 2. The Balaban J connectivity index is 4.65. The van der Waals surface area contributed by atoms with Crippen LogP contribution in [0.15, 0.2) is 4.99 Å². The number of hydrogen-bond acceptors (Lipinski definition) is 6. The maximum Gasteiger partial charge on any atom is 0.339 e. The van der Waals surface area contributed by atoms with Gasteiger partial charge in [-0.3, -0.25) is 4.99 Å². The molecule has 0 aliphatic carbocycles. The Hall–Kier alpha value is -2.66. The molecule has 102 valence electrons. The van der Waals surface area contributed by atoms with Gasteiger partial charge >= 0.3 is 5.97 Å². The summed E-state index contributed by atoms with van der Waals surface area (Å²) in [4.78, 5) is 35.0. The van der Waals surface area contributed by atoms with Gasteiger partial charge in [-0.05, 0) is 12.8 Å². The Morgan fingerprint density at radius 2 is 1.83 bits per heavy atom. The fourth-order valence-electron chi connectivity index (χ4n) is 1.12. The summed E-state index contributed by atoms with van der Waals surface area (Å²) < 4.78 is 0. The minimum atomic E-state index is -1.89. The molecule has 0 rings (SSSR count). The molecule has 1 atom stereocenters. The Morgan fingerprint density at radius 3 is 2.17 bits per heavy atom. The summed E-state index contributed by atoms with van der Waals surface area (Å²) in [7, 11) is 0. The summed E-state index contributed by atoms with van der Waals surface area (Å²) >= 11 is 0. The van der Waals surface area contributed by atoms with Crippen molar-refractivity contribution in [1.29, 1.82) is 0 Å². The molecule has 0 heterocycles. The predicted octanol–water partition coefficient (Wildman–Crippen LogP) is -1.82. The average molecular weight is 264 g/mol. The maximum absolute atomic E-state index is 10.7. The Morgan fingerprint density at radius 1 is 1.33 bits per heavy atom. The van der Waals surface area contributed by atoms with Gasteiger partial charge in [0.25, 0.3) is 6.04 Å². The largest absolute Gasteiger partial charge is 0.479 e. The van der Waals surface area contributed by atoms with Gasteiger partial charge in [-0.15, -0.1) is 0 Å². The number of carboxylic acids is 1. The van der Waals surface area contributed by atoms with Crippen LogP contribution < -0.4 is 11.5 Å². The van der Waals surface area contributed by atoms with Crippen molar-refractivity contribution in [1.82, 2.24) is 5.12 Å². The first-order valence-corrected chi connectivity index (χ1v) is 4.63. The number of nitro groups is 2. The Labute approximate surface area is 100 Å². The lowest BCUT2D eigenvalue weighted by Crippen LogP contribution is -2.48. The summed E-state index contributed by atoms with van der Waals surface area (Å²) in [5.74, 6) is -1.89. The number of carbonyl (C=O) groups is 1. The smallest absolute Gasteiger partial charge is 0.339 e. The molecule has 18 heavy (non-hydrogen) atoms. The van der Waals surface area contributed by atoms with Gasteiger partial charge in [0.1, 0.15) is 0 Å².